The highest BCUT2D eigenvalue weighted by Gasteiger charge is 2.35. The second-order valence-electron chi connectivity index (χ2n) is 10.2. The van der Waals surface area contributed by atoms with Crippen molar-refractivity contribution in [1.82, 2.24) is 10.2 Å². The number of rotatable bonds is 8. The average molecular weight is 521 g/mol. The van der Waals surface area contributed by atoms with E-state index in [2.05, 4.69) is 22.4 Å². The third-order valence-electron chi connectivity index (χ3n) is 7.30. The summed E-state index contributed by atoms with van der Waals surface area (Å²) in [6, 6.07) is 11.0. The molecule has 8 nitrogen and oxygen atoms in total. The van der Waals surface area contributed by atoms with Gasteiger partial charge in [0.05, 0.1) is 12.8 Å². The molecule has 37 heavy (non-hydrogen) atoms. The van der Waals surface area contributed by atoms with Gasteiger partial charge in [-0.3, -0.25) is 14.7 Å². The van der Waals surface area contributed by atoms with Gasteiger partial charge in [-0.2, -0.15) is 5.10 Å². The van der Waals surface area contributed by atoms with Gasteiger partial charge in [0.1, 0.15) is 10.6 Å². The fraction of sp³-hybridized carbons (Fsp3) is 0.429. The number of carbonyl (C=O) groups is 3. The van der Waals surface area contributed by atoms with Gasteiger partial charge in [-0.25, -0.2) is 4.79 Å². The van der Waals surface area contributed by atoms with E-state index in [0.29, 0.717) is 40.3 Å². The molecule has 2 aromatic heterocycles. The van der Waals surface area contributed by atoms with E-state index in [4.69, 9.17) is 4.74 Å². The molecule has 3 aromatic rings. The van der Waals surface area contributed by atoms with Crippen molar-refractivity contribution < 1.29 is 19.1 Å². The molecule has 0 spiro atoms. The predicted octanol–water partition coefficient (Wildman–Crippen LogP) is 5.75. The summed E-state index contributed by atoms with van der Waals surface area (Å²) in [5, 5.41) is 9.35. The van der Waals surface area contributed by atoms with Crippen LogP contribution in [0.1, 0.15) is 65.6 Å². The Labute approximate surface area is 220 Å². The van der Waals surface area contributed by atoms with Gasteiger partial charge < -0.3 is 15.0 Å². The molecule has 194 valence electrons. The molecule has 0 radical (unpaired) electrons. The standard InChI is InChI=1S/C28H32N4O4S/c1-17-3-7-20(8-4-17)27(34)32(16-18-5-6-18)23-15-24(37-25(23)28(35)36-2)19-9-11-21(12-10-19)30-26(33)22-13-14-29-31-22/h9-15,17-18,20H,3-8,16H2,1-2H3,(H,29,31)(H,30,33)/t17-,20-. The van der Waals surface area contributed by atoms with E-state index in [1.807, 2.05) is 35.2 Å². The molecule has 1 aromatic carbocycles. The first-order valence-electron chi connectivity index (χ1n) is 12.9. The molecule has 2 saturated carbocycles. The number of thiophene rings is 1. The zero-order valence-corrected chi connectivity index (χ0v) is 22.0. The van der Waals surface area contributed by atoms with Crippen LogP contribution in [0.25, 0.3) is 10.4 Å². The van der Waals surface area contributed by atoms with Crippen LogP contribution < -0.4 is 10.2 Å². The molecule has 2 heterocycles. The number of nitrogens with zero attached hydrogens (tertiary/aromatic N) is 2. The van der Waals surface area contributed by atoms with E-state index in [1.54, 1.807) is 12.3 Å². The largest absolute Gasteiger partial charge is 0.465 e. The number of esters is 1. The van der Waals surface area contributed by atoms with Gasteiger partial charge in [0.15, 0.2) is 0 Å². The van der Waals surface area contributed by atoms with E-state index in [-0.39, 0.29) is 17.7 Å². The van der Waals surface area contributed by atoms with Crippen LogP contribution in [-0.4, -0.2) is 41.6 Å². The Morgan fingerprint density at radius 3 is 2.43 bits per heavy atom. The van der Waals surface area contributed by atoms with Gasteiger partial charge in [0.2, 0.25) is 5.91 Å². The smallest absolute Gasteiger partial charge is 0.350 e. The zero-order chi connectivity index (χ0) is 25.9. The molecular formula is C28H32N4O4S. The predicted molar refractivity (Wildman–Crippen MR) is 144 cm³/mol. The Bertz CT molecular complexity index is 1260. The Balaban J connectivity index is 1.41. The van der Waals surface area contributed by atoms with Crippen LogP contribution in [0, 0.1) is 17.8 Å². The summed E-state index contributed by atoms with van der Waals surface area (Å²) in [5.74, 6) is 0.543. The first-order valence-corrected chi connectivity index (χ1v) is 13.7. The topological polar surface area (TPSA) is 104 Å². The van der Waals surface area contributed by atoms with Crippen molar-refractivity contribution in [3.8, 4) is 10.4 Å². The molecule has 0 bridgehead atoms. The van der Waals surface area contributed by atoms with Gasteiger partial charge in [0, 0.05) is 29.2 Å². The number of benzene rings is 1. The quantitative estimate of drug-likeness (QED) is 0.368. The first kappa shape index (κ1) is 25.2. The summed E-state index contributed by atoms with van der Waals surface area (Å²) in [5.41, 5.74) is 2.49. The lowest BCUT2D eigenvalue weighted by atomic mass is 9.82. The van der Waals surface area contributed by atoms with Gasteiger partial charge in [-0.15, -0.1) is 11.3 Å². The second kappa shape index (κ2) is 10.9. The lowest BCUT2D eigenvalue weighted by molar-refractivity contribution is -0.123. The molecular weight excluding hydrogens is 488 g/mol. The maximum Gasteiger partial charge on any atom is 0.350 e. The molecule has 2 amide bonds. The minimum absolute atomic E-state index is 0.00112. The third-order valence-corrected chi connectivity index (χ3v) is 8.46. The number of methoxy groups -OCH3 is 1. The van der Waals surface area contributed by atoms with E-state index in [1.165, 1.54) is 18.4 Å². The number of aromatic nitrogens is 2. The molecule has 0 unspecified atom stereocenters. The summed E-state index contributed by atoms with van der Waals surface area (Å²) in [6.45, 7) is 2.89. The average Bonchev–Trinajstić information content (AvgIpc) is 3.37. The highest BCUT2D eigenvalue weighted by atomic mass is 32.1. The summed E-state index contributed by atoms with van der Waals surface area (Å²) in [4.78, 5) is 42.0. The number of aromatic amines is 1. The Kier molecular flexibility index (Phi) is 7.41. The van der Waals surface area contributed by atoms with Crippen molar-refractivity contribution in [1.29, 1.82) is 0 Å². The summed E-state index contributed by atoms with van der Waals surface area (Å²) in [6.07, 6.45) is 7.75. The molecule has 2 N–H and O–H groups in total. The van der Waals surface area contributed by atoms with Crippen molar-refractivity contribution in [3.63, 3.8) is 0 Å². The third kappa shape index (κ3) is 5.77. The summed E-state index contributed by atoms with van der Waals surface area (Å²) >= 11 is 1.33. The Morgan fingerprint density at radius 2 is 1.81 bits per heavy atom. The second-order valence-corrected chi connectivity index (χ2v) is 11.2. The summed E-state index contributed by atoms with van der Waals surface area (Å²) < 4.78 is 5.11. The fourth-order valence-electron chi connectivity index (χ4n) is 4.86. The maximum atomic E-state index is 13.8. The van der Waals surface area contributed by atoms with Gasteiger partial charge in [0.25, 0.3) is 5.91 Å². The molecule has 2 aliphatic rings. The number of H-pyrrole nitrogens is 1. The molecule has 0 aliphatic heterocycles. The van der Waals surface area contributed by atoms with Crippen LogP contribution in [0.5, 0.6) is 0 Å². The zero-order valence-electron chi connectivity index (χ0n) is 21.2. The van der Waals surface area contributed by atoms with Crippen molar-refractivity contribution in [2.75, 3.05) is 23.9 Å². The number of anilines is 2. The van der Waals surface area contributed by atoms with Crippen LogP contribution in [0.2, 0.25) is 0 Å². The number of ether oxygens (including phenoxy) is 1. The number of amides is 2. The normalized spacial score (nSPS) is 19.3. The van der Waals surface area contributed by atoms with Crippen LogP contribution in [-0.2, 0) is 9.53 Å². The first-order chi connectivity index (χ1) is 17.9. The highest BCUT2D eigenvalue weighted by Crippen LogP contribution is 2.41. The number of nitrogens with one attached hydrogen (secondary N) is 2. The molecule has 2 aliphatic carbocycles. The van der Waals surface area contributed by atoms with Crippen LogP contribution in [0.15, 0.2) is 42.6 Å². The van der Waals surface area contributed by atoms with E-state index < -0.39 is 5.97 Å². The minimum atomic E-state index is -0.431. The van der Waals surface area contributed by atoms with E-state index >= 15 is 0 Å². The monoisotopic (exact) mass is 520 g/mol. The Morgan fingerprint density at radius 1 is 1.08 bits per heavy atom. The van der Waals surface area contributed by atoms with Gasteiger partial charge in [-0.1, -0.05) is 19.1 Å². The molecule has 0 saturated heterocycles. The molecule has 2 fully saturated rings. The Hall–Kier alpha value is -3.46. The van der Waals surface area contributed by atoms with E-state index in [9.17, 15) is 14.4 Å². The van der Waals surface area contributed by atoms with Gasteiger partial charge in [-0.05, 0) is 80.2 Å². The lowest BCUT2D eigenvalue weighted by Gasteiger charge is -2.31. The van der Waals surface area contributed by atoms with Crippen molar-refractivity contribution >= 4 is 40.5 Å². The van der Waals surface area contributed by atoms with Gasteiger partial charge >= 0.3 is 5.97 Å². The number of hydrogen-bond acceptors (Lipinski definition) is 6. The molecule has 0 atom stereocenters. The van der Waals surface area contributed by atoms with Crippen LogP contribution >= 0.6 is 11.3 Å². The number of carbonyl (C=O) groups excluding carboxylic acids is 3. The molecule has 5 rings (SSSR count). The van der Waals surface area contributed by atoms with Crippen molar-refractivity contribution in [2.45, 2.75) is 45.4 Å². The van der Waals surface area contributed by atoms with Crippen molar-refractivity contribution in [3.05, 3.63) is 53.2 Å². The molecule has 9 heteroatoms. The van der Waals surface area contributed by atoms with Crippen molar-refractivity contribution in [2.24, 2.45) is 17.8 Å². The highest BCUT2D eigenvalue weighted by molar-refractivity contribution is 7.18. The lowest BCUT2D eigenvalue weighted by Crippen LogP contribution is -2.39. The fourth-order valence-corrected chi connectivity index (χ4v) is 5.94. The van der Waals surface area contributed by atoms with Crippen LogP contribution in [0.3, 0.4) is 0 Å². The van der Waals surface area contributed by atoms with E-state index in [0.717, 1.165) is 49.0 Å². The van der Waals surface area contributed by atoms with Crippen LogP contribution in [0.4, 0.5) is 11.4 Å². The minimum Gasteiger partial charge on any atom is -0.465 e. The number of hydrogen-bond donors (Lipinski definition) is 2. The summed E-state index contributed by atoms with van der Waals surface area (Å²) in [7, 11) is 1.37. The maximum absolute atomic E-state index is 13.8. The SMILES string of the molecule is COC(=O)c1sc(-c2ccc(NC(=O)c3cc[nH]n3)cc2)cc1N(CC1CC1)C(=O)[C@H]1CC[C@H](C)CC1.